The van der Waals surface area contributed by atoms with Crippen molar-refractivity contribution >= 4 is 15.9 Å². The fourth-order valence-electron chi connectivity index (χ4n) is 5.23. The van der Waals surface area contributed by atoms with Crippen molar-refractivity contribution in [1.29, 1.82) is 0 Å². The van der Waals surface area contributed by atoms with Crippen LogP contribution in [-0.2, 0) is 11.2 Å². The molecule has 0 amide bonds. The van der Waals surface area contributed by atoms with Crippen LogP contribution in [0.2, 0.25) is 0 Å². The highest BCUT2D eigenvalue weighted by atomic mass is 79.9. The van der Waals surface area contributed by atoms with Gasteiger partial charge in [0.25, 0.3) is 0 Å². The van der Waals surface area contributed by atoms with Crippen LogP contribution in [0.3, 0.4) is 0 Å². The molecule has 1 fully saturated rings. The lowest BCUT2D eigenvalue weighted by molar-refractivity contribution is -0.106. The summed E-state index contributed by atoms with van der Waals surface area (Å²) in [4.78, 5) is 0. The zero-order chi connectivity index (χ0) is 27.0. The van der Waals surface area contributed by atoms with E-state index in [9.17, 15) is 0 Å². The van der Waals surface area contributed by atoms with Gasteiger partial charge in [0, 0.05) is 12.0 Å². The van der Waals surface area contributed by atoms with Crippen LogP contribution < -0.4 is 9.47 Å². The number of rotatable bonds is 11. The Kier molecular flexibility index (Phi) is 11.4. The van der Waals surface area contributed by atoms with Crippen molar-refractivity contribution in [3.8, 4) is 11.5 Å². The van der Waals surface area contributed by atoms with Gasteiger partial charge in [0.1, 0.15) is 17.1 Å². The largest absolute Gasteiger partial charge is 0.487 e. The van der Waals surface area contributed by atoms with Crippen LogP contribution in [0.25, 0.3) is 0 Å². The van der Waals surface area contributed by atoms with Crippen molar-refractivity contribution < 1.29 is 14.2 Å². The molecular formula is C33H49BrO3. The normalized spacial score (nSPS) is 22.3. The lowest BCUT2D eigenvalue weighted by atomic mass is 9.86. The first-order chi connectivity index (χ1) is 17.6. The van der Waals surface area contributed by atoms with E-state index in [0.717, 1.165) is 92.4 Å². The number of fused-ring (bicyclic) bond motifs is 1. The Balaban J connectivity index is 1.56. The number of ether oxygens (including phenoxy) is 3. The molecule has 0 saturated carbocycles. The Bertz CT molecular complexity index is 1010. The predicted octanol–water partition coefficient (Wildman–Crippen LogP) is 10.3. The number of benzene rings is 1. The third-order valence-corrected chi connectivity index (χ3v) is 8.75. The summed E-state index contributed by atoms with van der Waals surface area (Å²) in [7, 11) is 0. The lowest BCUT2D eigenvalue weighted by Crippen LogP contribution is -2.37. The highest BCUT2D eigenvalue weighted by Crippen LogP contribution is 2.47. The van der Waals surface area contributed by atoms with Crippen LogP contribution in [0.4, 0.5) is 0 Å². The molecule has 1 unspecified atom stereocenters. The van der Waals surface area contributed by atoms with E-state index in [-0.39, 0.29) is 11.9 Å². The summed E-state index contributed by atoms with van der Waals surface area (Å²) in [5.74, 6) is 1.97. The van der Waals surface area contributed by atoms with Gasteiger partial charge in [0.15, 0.2) is 6.29 Å². The highest BCUT2D eigenvalue weighted by Gasteiger charge is 2.35. The van der Waals surface area contributed by atoms with Crippen molar-refractivity contribution in [2.24, 2.45) is 0 Å². The number of halogens is 1. The summed E-state index contributed by atoms with van der Waals surface area (Å²) in [5, 5.41) is 0. The minimum atomic E-state index is -0.145. The molecule has 0 aliphatic carbocycles. The van der Waals surface area contributed by atoms with E-state index in [4.69, 9.17) is 14.2 Å². The van der Waals surface area contributed by atoms with Crippen molar-refractivity contribution in [3.05, 3.63) is 56.1 Å². The number of hydrogen-bond donors (Lipinski definition) is 0. The summed E-state index contributed by atoms with van der Waals surface area (Å²) >= 11 is 3.86. The first-order valence-electron chi connectivity index (χ1n) is 14.3. The summed E-state index contributed by atoms with van der Waals surface area (Å²) in [6.07, 6.45) is 19.0. The van der Waals surface area contributed by atoms with Gasteiger partial charge in [0.2, 0.25) is 0 Å². The van der Waals surface area contributed by atoms with Gasteiger partial charge in [-0.25, -0.2) is 0 Å². The quantitative estimate of drug-likeness (QED) is 0.247. The Morgan fingerprint density at radius 3 is 2.30 bits per heavy atom. The van der Waals surface area contributed by atoms with Crippen LogP contribution in [-0.4, -0.2) is 18.5 Å². The smallest absolute Gasteiger partial charge is 0.199 e. The Morgan fingerprint density at radius 1 is 0.973 bits per heavy atom. The molecule has 37 heavy (non-hydrogen) atoms. The molecule has 0 radical (unpaired) electrons. The van der Waals surface area contributed by atoms with E-state index in [1.54, 1.807) is 0 Å². The molecule has 1 saturated heterocycles. The highest BCUT2D eigenvalue weighted by molar-refractivity contribution is 9.10. The van der Waals surface area contributed by atoms with Crippen LogP contribution >= 0.6 is 15.9 Å². The first-order valence-corrected chi connectivity index (χ1v) is 15.1. The van der Waals surface area contributed by atoms with Crippen molar-refractivity contribution in [2.45, 2.75) is 131 Å². The third kappa shape index (κ3) is 8.75. The van der Waals surface area contributed by atoms with Gasteiger partial charge in [-0.05, 0) is 140 Å². The van der Waals surface area contributed by atoms with Crippen LogP contribution in [0.15, 0.2) is 39.4 Å². The van der Waals surface area contributed by atoms with Gasteiger partial charge in [-0.15, -0.1) is 0 Å². The monoisotopic (exact) mass is 572 g/mol. The molecule has 1 aromatic rings. The molecular weight excluding hydrogens is 524 g/mol. The molecule has 0 bridgehead atoms. The summed E-state index contributed by atoms with van der Waals surface area (Å²) < 4.78 is 20.0. The summed E-state index contributed by atoms with van der Waals surface area (Å²) in [5.41, 5.74) is 7.82. The van der Waals surface area contributed by atoms with Crippen LogP contribution in [0.1, 0.15) is 116 Å². The fraction of sp³-hybridized carbons (Fsp3) is 0.636. The predicted molar refractivity (Wildman–Crippen MR) is 160 cm³/mol. The molecule has 1 aromatic carbocycles. The lowest BCUT2D eigenvalue weighted by Gasteiger charge is -2.38. The van der Waals surface area contributed by atoms with E-state index in [2.05, 4.69) is 82.6 Å². The Hall–Kier alpha value is -1.52. The average Bonchev–Trinajstić information content (AvgIpc) is 2.85. The SMILES string of the molecule is CC(C)=CCC/C(C)=C/CC/C(C)=C/CC[C@]1(C)CCc2c(Br)c(OC3CCCCO3)c(C)c(C)c2O1. The number of hydrogen-bond acceptors (Lipinski definition) is 3. The molecule has 0 aromatic heterocycles. The molecule has 2 aliphatic heterocycles. The molecule has 206 valence electrons. The fourth-order valence-corrected chi connectivity index (χ4v) is 6.00. The first kappa shape index (κ1) is 30.0. The molecule has 0 spiro atoms. The van der Waals surface area contributed by atoms with E-state index in [1.807, 2.05) is 0 Å². The summed E-state index contributed by atoms with van der Waals surface area (Å²) in [6, 6.07) is 0. The minimum Gasteiger partial charge on any atom is -0.487 e. The molecule has 2 heterocycles. The maximum atomic E-state index is 6.75. The molecule has 0 N–H and O–H groups in total. The summed E-state index contributed by atoms with van der Waals surface area (Å²) in [6.45, 7) is 16.2. The molecule has 3 nitrogen and oxygen atoms in total. The van der Waals surface area contributed by atoms with Gasteiger partial charge >= 0.3 is 0 Å². The molecule has 4 heteroatoms. The van der Waals surface area contributed by atoms with Crippen LogP contribution in [0, 0.1) is 13.8 Å². The van der Waals surface area contributed by atoms with Gasteiger partial charge in [-0.2, -0.15) is 0 Å². The second-order valence-electron chi connectivity index (χ2n) is 11.7. The van der Waals surface area contributed by atoms with Gasteiger partial charge in [0.05, 0.1) is 11.1 Å². The van der Waals surface area contributed by atoms with Crippen molar-refractivity contribution in [1.82, 2.24) is 0 Å². The van der Waals surface area contributed by atoms with Gasteiger partial charge in [-0.3, -0.25) is 0 Å². The van der Waals surface area contributed by atoms with Crippen molar-refractivity contribution in [3.63, 3.8) is 0 Å². The van der Waals surface area contributed by atoms with Crippen molar-refractivity contribution in [2.75, 3.05) is 6.61 Å². The zero-order valence-electron chi connectivity index (χ0n) is 24.4. The maximum absolute atomic E-state index is 6.75. The van der Waals surface area contributed by atoms with E-state index >= 15 is 0 Å². The Morgan fingerprint density at radius 2 is 1.65 bits per heavy atom. The van der Waals surface area contributed by atoms with E-state index in [0.29, 0.717) is 0 Å². The molecule has 3 rings (SSSR count). The minimum absolute atomic E-state index is 0.142. The van der Waals surface area contributed by atoms with Crippen LogP contribution in [0.5, 0.6) is 11.5 Å². The Labute approximate surface area is 234 Å². The topological polar surface area (TPSA) is 27.7 Å². The van der Waals surface area contributed by atoms with E-state index in [1.165, 1.54) is 34.3 Å². The molecule has 2 aliphatic rings. The standard InChI is InChI=1S/C33H49BrO3/c1-23(2)13-10-14-24(3)15-11-16-25(4)17-12-20-33(7)21-19-28-30(34)32(27(6)26(5)31(28)37-33)36-29-18-8-9-22-35-29/h13,15,17,29H,8-12,14,16,18-22H2,1-7H3/b24-15+,25-17+/t29?,33-/m1/s1. The molecule has 2 atom stereocenters. The van der Waals surface area contributed by atoms with Gasteiger partial charge in [-0.1, -0.05) is 34.9 Å². The average molecular weight is 574 g/mol. The van der Waals surface area contributed by atoms with Gasteiger partial charge < -0.3 is 14.2 Å². The second-order valence-corrected chi connectivity index (χ2v) is 12.5. The number of allylic oxidation sites excluding steroid dienone is 6. The second kappa shape index (κ2) is 14.0. The third-order valence-electron chi connectivity index (χ3n) is 7.91. The van der Waals surface area contributed by atoms with E-state index < -0.39 is 0 Å². The zero-order valence-corrected chi connectivity index (χ0v) is 26.0. The maximum Gasteiger partial charge on any atom is 0.199 e.